The smallest absolute Gasteiger partial charge is 0.416 e. The number of halogens is 3. The van der Waals surface area contributed by atoms with Crippen LogP contribution in [-0.4, -0.2) is 25.7 Å². The standard InChI is InChI=1S/C23H24F3NO4/c1-5-6-7-8-12-31-22(29)19-15(3)27-14(2)18(21(28)30-4)20(19)16-10-9-11-17(13-16)23(24,25)26/h5-11,13,20,27H,12H2,1-4H3/b6-5+,8-7+. The topological polar surface area (TPSA) is 64.6 Å². The van der Waals surface area contributed by atoms with Crippen LogP contribution in [0.3, 0.4) is 0 Å². The van der Waals surface area contributed by atoms with Crippen molar-refractivity contribution in [2.75, 3.05) is 13.7 Å². The molecule has 1 aromatic carbocycles. The van der Waals surface area contributed by atoms with Gasteiger partial charge in [-0.05, 0) is 38.5 Å². The molecule has 0 radical (unpaired) electrons. The molecule has 1 aliphatic rings. The van der Waals surface area contributed by atoms with Crippen molar-refractivity contribution < 1.29 is 32.2 Å². The van der Waals surface area contributed by atoms with Crippen molar-refractivity contribution in [3.63, 3.8) is 0 Å². The van der Waals surface area contributed by atoms with Crippen molar-refractivity contribution in [1.29, 1.82) is 0 Å². The maximum atomic E-state index is 13.3. The van der Waals surface area contributed by atoms with Gasteiger partial charge in [-0.2, -0.15) is 13.2 Å². The van der Waals surface area contributed by atoms with Crippen LogP contribution in [0.5, 0.6) is 0 Å². The van der Waals surface area contributed by atoms with Crippen LogP contribution in [0.15, 0.2) is 71.1 Å². The van der Waals surface area contributed by atoms with E-state index in [4.69, 9.17) is 9.47 Å². The van der Waals surface area contributed by atoms with Crippen molar-refractivity contribution in [1.82, 2.24) is 5.32 Å². The summed E-state index contributed by atoms with van der Waals surface area (Å²) in [5.41, 5.74) is 0.108. The van der Waals surface area contributed by atoms with E-state index in [2.05, 4.69) is 5.32 Å². The Bertz CT molecular complexity index is 971. The molecule has 0 amide bonds. The molecule has 0 aliphatic carbocycles. The van der Waals surface area contributed by atoms with E-state index in [1.807, 2.05) is 6.92 Å². The van der Waals surface area contributed by atoms with E-state index in [0.717, 1.165) is 12.1 Å². The first-order chi connectivity index (χ1) is 14.6. The summed E-state index contributed by atoms with van der Waals surface area (Å²) in [6.45, 7) is 5.00. The number of benzene rings is 1. The molecule has 1 atom stereocenters. The number of esters is 2. The molecule has 166 valence electrons. The Morgan fingerprint density at radius 2 is 1.74 bits per heavy atom. The van der Waals surface area contributed by atoms with Gasteiger partial charge in [0.05, 0.1) is 29.7 Å². The lowest BCUT2D eigenvalue weighted by Crippen LogP contribution is -2.32. The minimum atomic E-state index is -4.58. The van der Waals surface area contributed by atoms with Crippen molar-refractivity contribution >= 4 is 11.9 Å². The fraction of sp³-hybridized carbons (Fsp3) is 0.304. The van der Waals surface area contributed by atoms with Gasteiger partial charge in [-0.1, -0.05) is 36.4 Å². The van der Waals surface area contributed by atoms with Crippen LogP contribution in [0, 0.1) is 0 Å². The van der Waals surface area contributed by atoms with Gasteiger partial charge in [0.15, 0.2) is 0 Å². The van der Waals surface area contributed by atoms with Gasteiger partial charge >= 0.3 is 18.1 Å². The summed E-state index contributed by atoms with van der Waals surface area (Å²) in [6.07, 6.45) is 2.29. The number of hydrogen-bond acceptors (Lipinski definition) is 5. The van der Waals surface area contributed by atoms with E-state index in [1.54, 1.807) is 38.2 Å². The average molecular weight is 435 g/mol. The van der Waals surface area contributed by atoms with Gasteiger partial charge in [0.1, 0.15) is 6.61 Å². The van der Waals surface area contributed by atoms with Crippen molar-refractivity contribution in [3.05, 3.63) is 82.2 Å². The average Bonchev–Trinajstić information content (AvgIpc) is 2.71. The lowest BCUT2D eigenvalue weighted by atomic mass is 9.80. The molecule has 5 nitrogen and oxygen atoms in total. The number of ether oxygens (including phenoxy) is 2. The third-order valence-electron chi connectivity index (χ3n) is 4.68. The Balaban J connectivity index is 2.55. The molecule has 1 N–H and O–H groups in total. The maximum Gasteiger partial charge on any atom is 0.416 e. The quantitative estimate of drug-likeness (QED) is 0.514. The van der Waals surface area contributed by atoms with Crippen LogP contribution >= 0.6 is 0 Å². The van der Waals surface area contributed by atoms with Crippen LogP contribution in [0.1, 0.15) is 37.8 Å². The summed E-state index contributed by atoms with van der Waals surface area (Å²) in [4.78, 5) is 25.4. The molecule has 0 saturated heterocycles. The highest BCUT2D eigenvalue weighted by Crippen LogP contribution is 2.41. The lowest BCUT2D eigenvalue weighted by Gasteiger charge is -2.30. The van der Waals surface area contributed by atoms with E-state index < -0.39 is 29.6 Å². The summed E-state index contributed by atoms with van der Waals surface area (Å²) < 4.78 is 50.0. The molecule has 2 rings (SSSR count). The molecular weight excluding hydrogens is 411 g/mol. The minimum absolute atomic E-state index is 0.0362. The van der Waals surface area contributed by atoms with Crippen LogP contribution in [0.2, 0.25) is 0 Å². The summed E-state index contributed by atoms with van der Waals surface area (Å²) in [6, 6.07) is 4.54. The number of methoxy groups -OCH3 is 1. The number of allylic oxidation sites excluding steroid dienone is 5. The first kappa shape index (κ1) is 24.0. The zero-order chi connectivity index (χ0) is 23.2. The van der Waals surface area contributed by atoms with Gasteiger partial charge in [0, 0.05) is 11.4 Å². The Labute approximate surface area is 178 Å². The van der Waals surface area contributed by atoms with Crippen molar-refractivity contribution in [3.8, 4) is 0 Å². The predicted molar refractivity (Wildman–Crippen MR) is 110 cm³/mol. The molecule has 8 heteroatoms. The summed E-state index contributed by atoms with van der Waals surface area (Å²) >= 11 is 0. The number of alkyl halides is 3. The highest BCUT2D eigenvalue weighted by atomic mass is 19.4. The molecule has 0 aromatic heterocycles. The largest absolute Gasteiger partial charge is 0.466 e. The monoisotopic (exact) mass is 435 g/mol. The van der Waals surface area contributed by atoms with Gasteiger partial charge in [0.25, 0.3) is 0 Å². The van der Waals surface area contributed by atoms with Crippen LogP contribution < -0.4 is 5.32 Å². The van der Waals surface area contributed by atoms with Gasteiger partial charge < -0.3 is 14.8 Å². The normalized spacial score (nSPS) is 17.3. The fourth-order valence-electron chi connectivity index (χ4n) is 3.32. The van der Waals surface area contributed by atoms with Gasteiger partial charge in [-0.15, -0.1) is 0 Å². The molecule has 1 unspecified atom stereocenters. The third kappa shape index (κ3) is 5.65. The highest BCUT2D eigenvalue weighted by molar-refractivity contribution is 5.99. The number of dihydropyridines is 1. The minimum Gasteiger partial charge on any atom is -0.466 e. The number of carbonyl (C=O) groups is 2. The first-order valence-electron chi connectivity index (χ1n) is 9.50. The van der Waals surface area contributed by atoms with E-state index in [-0.39, 0.29) is 23.3 Å². The summed E-state index contributed by atoms with van der Waals surface area (Å²) in [5.74, 6) is -2.58. The SMILES string of the molecule is C/C=C/C=C/COC(=O)C1=C(C)NC(C)=C(C(=O)OC)C1c1cccc(C(F)(F)F)c1. The van der Waals surface area contributed by atoms with Crippen LogP contribution in [0.4, 0.5) is 13.2 Å². The van der Waals surface area contributed by atoms with E-state index in [1.165, 1.54) is 19.2 Å². The Morgan fingerprint density at radius 3 is 2.32 bits per heavy atom. The lowest BCUT2D eigenvalue weighted by molar-refractivity contribution is -0.138. The molecule has 1 heterocycles. The molecule has 0 fully saturated rings. The zero-order valence-electron chi connectivity index (χ0n) is 17.7. The third-order valence-corrected chi connectivity index (χ3v) is 4.68. The van der Waals surface area contributed by atoms with Crippen LogP contribution in [0.25, 0.3) is 0 Å². The second kappa shape index (κ2) is 10.1. The summed E-state index contributed by atoms with van der Waals surface area (Å²) in [5, 5.41) is 2.94. The van der Waals surface area contributed by atoms with E-state index in [0.29, 0.717) is 11.4 Å². The maximum absolute atomic E-state index is 13.3. The second-order valence-electron chi connectivity index (χ2n) is 6.80. The summed E-state index contributed by atoms with van der Waals surface area (Å²) in [7, 11) is 1.17. The Morgan fingerprint density at radius 1 is 1.10 bits per heavy atom. The molecule has 31 heavy (non-hydrogen) atoms. The molecule has 0 spiro atoms. The van der Waals surface area contributed by atoms with Crippen molar-refractivity contribution in [2.45, 2.75) is 32.9 Å². The van der Waals surface area contributed by atoms with Gasteiger partial charge in [-0.3, -0.25) is 0 Å². The molecule has 0 saturated carbocycles. The number of rotatable bonds is 6. The Hall–Kier alpha value is -3.29. The zero-order valence-corrected chi connectivity index (χ0v) is 17.7. The van der Waals surface area contributed by atoms with E-state index in [9.17, 15) is 22.8 Å². The first-order valence-corrected chi connectivity index (χ1v) is 9.50. The molecule has 0 bridgehead atoms. The van der Waals surface area contributed by atoms with Gasteiger partial charge in [0.2, 0.25) is 0 Å². The van der Waals surface area contributed by atoms with Crippen LogP contribution in [-0.2, 0) is 25.2 Å². The second-order valence-corrected chi connectivity index (χ2v) is 6.80. The Kier molecular flexibility index (Phi) is 7.85. The number of carbonyl (C=O) groups excluding carboxylic acids is 2. The molecule has 1 aromatic rings. The fourth-order valence-corrected chi connectivity index (χ4v) is 3.32. The van der Waals surface area contributed by atoms with Crippen molar-refractivity contribution in [2.24, 2.45) is 0 Å². The van der Waals surface area contributed by atoms with E-state index >= 15 is 0 Å². The van der Waals surface area contributed by atoms with Gasteiger partial charge in [-0.25, -0.2) is 9.59 Å². The molecule has 1 aliphatic heterocycles. The highest BCUT2D eigenvalue weighted by Gasteiger charge is 2.39. The number of hydrogen-bond donors (Lipinski definition) is 1. The predicted octanol–water partition coefficient (Wildman–Crippen LogP) is 4.79. The number of nitrogens with one attached hydrogen (secondary N) is 1. The molecular formula is C23H24F3NO4.